The monoisotopic (exact) mass is 241 g/mol. The van der Waals surface area contributed by atoms with E-state index < -0.39 is 0 Å². The smallest absolute Gasteiger partial charge is 0.410 e. The second kappa shape index (κ2) is 7.57. The van der Waals surface area contributed by atoms with Crippen LogP contribution in [0.2, 0.25) is 0 Å². The summed E-state index contributed by atoms with van der Waals surface area (Å²) in [6.45, 7) is 7.75. The minimum Gasteiger partial charge on any atom is -0.449 e. The first-order valence-corrected chi connectivity index (χ1v) is 7.08. The van der Waals surface area contributed by atoms with Crippen molar-refractivity contribution < 1.29 is 9.53 Å². The van der Waals surface area contributed by atoms with Crippen molar-refractivity contribution in [2.75, 3.05) is 13.2 Å². The molecular weight excluding hydrogens is 214 g/mol. The lowest BCUT2D eigenvalue weighted by Gasteiger charge is -2.35. The van der Waals surface area contributed by atoms with Crippen molar-refractivity contribution in [3.63, 3.8) is 0 Å². The van der Waals surface area contributed by atoms with Crippen LogP contribution in [0.25, 0.3) is 0 Å². The van der Waals surface area contributed by atoms with Crippen molar-refractivity contribution in [1.29, 1.82) is 0 Å². The number of nitrogens with zero attached hydrogens (tertiary/aromatic N) is 1. The van der Waals surface area contributed by atoms with Crippen LogP contribution in [0.15, 0.2) is 0 Å². The summed E-state index contributed by atoms with van der Waals surface area (Å²) in [6.07, 6.45) is 6.97. The Kier molecular flexibility index (Phi) is 6.38. The molecule has 1 aliphatic heterocycles. The molecular formula is C14H27NO2. The molecule has 0 saturated carbocycles. The predicted octanol–water partition coefficient (Wildman–Crippen LogP) is 3.82. The molecule has 0 radical (unpaired) electrons. The maximum Gasteiger partial charge on any atom is 0.410 e. The van der Waals surface area contributed by atoms with Crippen molar-refractivity contribution in [2.24, 2.45) is 5.92 Å². The van der Waals surface area contributed by atoms with Crippen LogP contribution in [0, 0.1) is 5.92 Å². The average Bonchev–Trinajstić information content (AvgIpc) is 2.33. The van der Waals surface area contributed by atoms with Crippen molar-refractivity contribution in [2.45, 2.75) is 65.3 Å². The molecule has 1 heterocycles. The van der Waals surface area contributed by atoms with Gasteiger partial charge in [-0.1, -0.05) is 33.6 Å². The number of unbranched alkanes of at least 4 members (excludes halogenated alkanes) is 1. The predicted molar refractivity (Wildman–Crippen MR) is 70.1 cm³/mol. The van der Waals surface area contributed by atoms with Gasteiger partial charge in [-0.25, -0.2) is 4.79 Å². The third-order valence-corrected chi connectivity index (χ3v) is 3.29. The van der Waals surface area contributed by atoms with Crippen LogP contribution in [-0.2, 0) is 4.74 Å². The minimum absolute atomic E-state index is 0.0977. The molecule has 1 unspecified atom stereocenters. The van der Waals surface area contributed by atoms with E-state index in [9.17, 15) is 4.79 Å². The normalized spacial score (nSPS) is 20.7. The molecule has 0 bridgehead atoms. The lowest BCUT2D eigenvalue weighted by atomic mass is 9.98. The molecule has 0 aliphatic carbocycles. The van der Waals surface area contributed by atoms with Gasteiger partial charge in [0.25, 0.3) is 0 Å². The van der Waals surface area contributed by atoms with Gasteiger partial charge in [0.2, 0.25) is 0 Å². The highest BCUT2D eigenvalue weighted by Crippen LogP contribution is 2.22. The van der Waals surface area contributed by atoms with Gasteiger partial charge < -0.3 is 9.64 Å². The SMILES string of the molecule is CCCCC1CCCCN1C(=O)OCC(C)C. The van der Waals surface area contributed by atoms with E-state index in [4.69, 9.17) is 4.74 Å². The van der Waals surface area contributed by atoms with Gasteiger partial charge in [-0.15, -0.1) is 0 Å². The fraction of sp³-hybridized carbons (Fsp3) is 0.929. The summed E-state index contributed by atoms with van der Waals surface area (Å²) in [6, 6.07) is 0.420. The maximum atomic E-state index is 12.0. The Morgan fingerprint density at radius 2 is 2.18 bits per heavy atom. The number of carbonyl (C=O) groups is 1. The Bertz CT molecular complexity index is 228. The molecule has 0 aromatic rings. The van der Waals surface area contributed by atoms with Gasteiger partial charge in [-0.3, -0.25) is 0 Å². The molecule has 1 rings (SSSR count). The largest absolute Gasteiger partial charge is 0.449 e. The van der Waals surface area contributed by atoms with Crippen LogP contribution in [0.1, 0.15) is 59.3 Å². The lowest BCUT2D eigenvalue weighted by Crippen LogP contribution is -2.44. The van der Waals surface area contributed by atoms with Gasteiger partial charge in [0.1, 0.15) is 0 Å². The fourth-order valence-electron chi connectivity index (χ4n) is 2.30. The van der Waals surface area contributed by atoms with E-state index in [1.807, 2.05) is 4.90 Å². The maximum absolute atomic E-state index is 12.0. The summed E-state index contributed by atoms with van der Waals surface area (Å²) < 4.78 is 5.34. The summed E-state index contributed by atoms with van der Waals surface area (Å²) in [4.78, 5) is 13.9. The van der Waals surface area contributed by atoms with Crippen LogP contribution in [0.4, 0.5) is 4.79 Å². The summed E-state index contributed by atoms with van der Waals surface area (Å²) >= 11 is 0. The molecule has 0 N–H and O–H groups in total. The lowest BCUT2D eigenvalue weighted by molar-refractivity contribution is 0.0629. The number of rotatable bonds is 5. The van der Waals surface area contributed by atoms with Gasteiger partial charge in [0.05, 0.1) is 6.61 Å². The van der Waals surface area contributed by atoms with Gasteiger partial charge >= 0.3 is 6.09 Å². The Labute approximate surface area is 106 Å². The summed E-state index contributed by atoms with van der Waals surface area (Å²) in [5, 5.41) is 0. The van der Waals surface area contributed by atoms with Crippen molar-refractivity contribution in [1.82, 2.24) is 4.90 Å². The molecule has 1 fully saturated rings. The Hall–Kier alpha value is -0.730. The number of amides is 1. The van der Waals surface area contributed by atoms with Gasteiger partial charge in [-0.2, -0.15) is 0 Å². The van der Waals surface area contributed by atoms with Crippen LogP contribution in [0.5, 0.6) is 0 Å². The third kappa shape index (κ3) is 4.97. The second-order valence-corrected chi connectivity index (χ2v) is 5.46. The number of hydrogen-bond acceptors (Lipinski definition) is 2. The first-order chi connectivity index (χ1) is 8.15. The molecule has 0 aromatic heterocycles. The van der Waals surface area contributed by atoms with E-state index in [1.54, 1.807) is 0 Å². The molecule has 0 spiro atoms. The molecule has 0 aromatic carbocycles. The highest BCUT2D eigenvalue weighted by Gasteiger charge is 2.27. The van der Waals surface area contributed by atoms with Crippen molar-refractivity contribution >= 4 is 6.09 Å². The molecule has 17 heavy (non-hydrogen) atoms. The number of piperidine rings is 1. The molecule has 1 aliphatic rings. The van der Waals surface area contributed by atoms with Crippen LogP contribution < -0.4 is 0 Å². The number of carbonyl (C=O) groups excluding carboxylic acids is 1. The van der Waals surface area contributed by atoms with Gasteiger partial charge in [0, 0.05) is 12.6 Å². The second-order valence-electron chi connectivity index (χ2n) is 5.46. The molecule has 3 heteroatoms. The molecule has 1 atom stereocenters. The molecule has 100 valence electrons. The van der Waals surface area contributed by atoms with E-state index in [-0.39, 0.29) is 6.09 Å². The Morgan fingerprint density at radius 1 is 1.41 bits per heavy atom. The zero-order chi connectivity index (χ0) is 12.7. The van der Waals surface area contributed by atoms with E-state index in [0.29, 0.717) is 18.6 Å². The average molecular weight is 241 g/mol. The first kappa shape index (κ1) is 14.3. The zero-order valence-corrected chi connectivity index (χ0v) is 11.6. The molecule has 1 saturated heterocycles. The van der Waals surface area contributed by atoms with E-state index >= 15 is 0 Å². The van der Waals surface area contributed by atoms with Crippen LogP contribution in [0.3, 0.4) is 0 Å². The standard InChI is InChI=1S/C14H27NO2/c1-4-5-8-13-9-6-7-10-15(13)14(16)17-11-12(2)3/h12-13H,4-11H2,1-3H3. The highest BCUT2D eigenvalue weighted by molar-refractivity contribution is 5.68. The molecule has 3 nitrogen and oxygen atoms in total. The summed E-state index contributed by atoms with van der Waals surface area (Å²) in [5.41, 5.74) is 0. The van der Waals surface area contributed by atoms with E-state index in [0.717, 1.165) is 25.8 Å². The van der Waals surface area contributed by atoms with Crippen LogP contribution >= 0.6 is 0 Å². The number of likely N-dealkylation sites (tertiary alicyclic amines) is 1. The molecule has 1 amide bonds. The minimum atomic E-state index is -0.0977. The van der Waals surface area contributed by atoms with Crippen molar-refractivity contribution in [3.8, 4) is 0 Å². The fourth-order valence-corrected chi connectivity index (χ4v) is 2.30. The topological polar surface area (TPSA) is 29.5 Å². The highest BCUT2D eigenvalue weighted by atomic mass is 16.6. The zero-order valence-electron chi connectivity index (χ0n) is 11.6. The van der Waals surface area contributed by atoms with Crippen molar-refractivity contribution in [3.05, 3.63) is 0 Å². The number of ether oxygens (including phenoxy) is 1. The van der Waals surface area contributed by atoms with Gasteiger partial charge in [0.15, 0.2) is 0 Å². The Morgan fingerprint density at radius 3 is 2.82 bits per heavy atom. The third-order valence-electron chi connectivity index (χ3n) is 3.29. The van der Waals surface area contributed by atoms with E-state index in [1.165, 1.54) is 19.3 Å². The van der Waals surface area contributed by atoms with Crippen LogP contribution in [-0.4, -0.2) is 30.2 Å². The van der Waals surface area contributed by atoms with E-state index in [2.05, 4.69) is 20.8 Å². The quantitative estimate of drug-likeness (QED) is 0.732. The van der Waals surface area contributed by atoms with Gasteiger partial charge in [-0.05, 0) is 31.6 Å². The summed E-state index contributed by atoms with van der Waals surface area (Å²) in [5.74, 6) is 0.415. The first-order valence-electron chi connectivity index (χ1n) is 7.08. The number of hydrogen-bond donors (Lipinski definition) is 0. The Balaban J connectivity index is 2.42. The summed E-state index contributed by atoms with van der Waals surface area (Å²) in [7, 11) is 0.